The smallest absolute Gasteiger partial charge is 0.318 e. The summed E-state index contributed by atoms with van der Waals surface area (Å²) in [6.07, 6.45) is 0. The average molecular weight is 268 g/mol. The molecule has 0 atom stereocenters. The van der Waals surface area contributed by atoms with E-state index < -0.39 is 0 Å². The molecule has 0 saturated heterocycles. The van der Waals surface area contributed by atoms with Crippen LogP contribution in [-0.2, 0) is 6.54 Å². The zero-order valence-corrected chi connectivity index (χ0v) is 10.6. The predicted molar refractivity (Wildman–Crippen MR) is 60.7 cm³/mol. The van der Waals surface area contributed by atoms with Crippen LogP contribution in [0.3, 0.4) is 0 Å². The van der Waals surface area contributed by atoms with Crippen LogP contribution in [0.1, 0.15) is 21.7 Å². The Morgan fingerprint density at radius 2 is 2.06 bits per heavy atom. The topological polar surface area (TPSA) is 87.3 Å². The van der Waals surface area contributed by atoms with Crippen molar-refractivity contribution in [2.24, 2.45) is 0 Å². The van der Waals surface area contributed by atoms with E-state index >= 15 is 0 Å². The minimum atomic E-state index is -0.243. The fourth-order valence-electron chi connectivity index (χ4n) is 1.44. The first-order valence-electron chi connectivity index (χ1n) is 5.31. The molecule has 0 aliphatic rings. The Bertz CT molecular complexity index is 499. The van der Waals surface area contributed by atoms with Crippen LogP contribution < -0.4 is 23.3 Å². The summed E-state index contributed by atoms with van der Waals surface area (Å²) in [4.78, 5) is 11.7. The molecule has 1 aromatic carbocycles. The first-order chi connectivity index (χ1) is 8.27. The summed E-state index contributed by atoms with van der Waals surface area (Å²) in [5.41, 5.74) is 6.47. The number of aromatic amines is 1. The number of nitrogen functional groups attached to an aromatic ring is 1. The van der Waals surface area contributed by atoms with Crippen molar-refractivity contribution in [2.75, 3.05) is 0 Å². The molecular formula is C11H14ClN5O. The van der Waals surface area contributed by atoms with E-state index in [4.69, 9.17) is 0 Å². The summed E-state index contributed by atoms with van der Waals surface area (Å²) >= 11 is 0. The highest BCUT2D eigenvalue weighted by molar-refractivity contribution is 5.92. The number of rotatable bonds is 4. The van der Waals surface area contributed by atoms with E-state index in [1.165, 1.54) is 0 Å². The summed E-state index contributed by atoms with van der Waals surface area (Å²) in [5.74, 6) is -0.243. The van der Waals surface area contributed by atoms with E-state index in [9.17, 15) is 4.79 Å². The van der Waals surface area contributed by atoms with Gasteiger partial charge in [-0.05, 0) is 6.92 Å². The Hall–Kier alpha value is -1.92. The lowest BCUT2D eigenvalue weighted by atomic mass is 10.2. The van der Waals surface area contributed by atoms with Crippen LogP contribution in [0.2, 0.25) is 0 Å². The van der Waals surface area contributed by atoms with Gasteiger partial charge >= 0.3 is 5.91 Å². The zero-order chi connectivity index (χ0) is 12.1. The van der Waals surface area contributed by atoms with E-state index in [1.807, 2.05) is 30.3 Å². The molecule has 2 aromatic rings. The standard InChI is InChI=1S/C11H13N5O.ClH/c1-8-10(14-16-13-8)11(17)15-12-7-9-5-3-2-4-6-9;/h2-6,12H,7H2,1H3,(H,15,17)(H,13,14,16);1H. The quantitative estimate of drug-likeness (QED) is 0.306. The molecule has 0 spiro atoms. The van der Waals surface area contributed by atoms with Crippen molar-refractivity contribution in [3.8, 4) is 0 Å². The van der Waals surface area contributed by atoms with Crippen LogP contribution in [0.25, 0.3) is 0 Å². The Morgan fingerprint density at radius 1 is 1.33 bits per heavy atom. The van der Waals surface area contributed by atoms with Crippen LogP contribution in [0.15, 0.2) is 30.3 Å². The Morgan fingerprint density at radius 3 is 2.67 bits per heavy atom. The molecule has 96 valence electrons. The number of carbonyl (C=O) groups is 1. The van der Waals surface area contributed by atoms with Crippen molar-refractivity contribution < 1.29 is 22.6 Å². The van der Waals surface area contributed by atoms with E-state index in [0.717, 1.165) is 5.56 Å². The number of carbonyl (C=O) groups excluding carboxylic acids is 1. The summed E-state index contributed by atoms with van der Waals surface area (Å²) < 4.78 is 0. The molecule has 7 heteroatoms. The molecule has 0 bridgehead atoms. The van der Waals surface area contributed by atoms with Crippen LogP contribution >= 0.6 is 0 Å². The van der Waals surface area contributed by atoms with E-state index in [-0.39, 0.29) is 18.3 Å². The minimum Gasteiger partial charge on any atom is -1.00 e. The average Bonchev–Trinajstić information content (AvgIpc) is 2.77. The molecule has 18 heavy (non-hydrogen) atoms. The Balaban J connectivity index is 0.00000162. The molecular weight excluding hydrogens is 254 g/mol. The van der Waals surface area contributed by atoms with Gasteiger partial charge in [-0.2, -0.15) is 20.8 Å². The van der Waals surface area contributed by atoms with E-state index in [1.54, 1.807) is 12.3 Å². The molecule has 1 amide bonds. The Labute approximate surface area is 111 Å². The molecule has 0 fully saturated rings. The largest absolute Gasteiger partial charge is 1.00 e. The van der Waals surface area contributed by atoms with Crippen molar-refractivity contribution in [1.29, 1.82) is 0 Å². The zero-order valence-electron chi connectivity index (χ0n) is 9.85. The van der Waals surface area contributed by atoms with E-state index in [2.05, 4.69) is 20.8 Å². The molecule has 0 aliphatic carbocycles. The molecule has 0 aliphatic heterocycles. The lowest BCUT2D eigenvalue weighted by Gasteiger charge is -2.02. The maximum Gasteiger partial charge on any atom is 0.318 e. The number of quaternary nitrogens is 1. The molecule has 2 rings (SSSR count). The van der Waals surface area contributed by atoms with Gasteiger partial charge in [0.25, 0.3) is 0 Å². The molecule has 0 unspecified atom stereocenters. The summed E-state index contributed by atoms with van der Waals surface area (Å²) in [7, 11) is 0. The lowest BCUT2D eigenvalue weighted by molar-refractivity contribution is -0.712. The third-order valence-electron chi connectivity index (χ3n) is 2.35. The lowest BCUT2D eigenvalue weighted by Crippen LogP contribution is -3.00. The number of hydrogen-bond acceptors (Lipinski definition) is 3. The number of halogens is 1. The number of aryl methyl sites for hydroxylation is 1. The fourth-order valence-corrected chi connectivity index (χ4v) is 1.44. The number of nitrogens with two attached hydrogens (primary N) is 1. The summed E-state index contributed by atoms with van der Waals surface area (Å²) in [6.45, 7) is 2.42. The molecule has 4 N–H and O–H groups in total. The monoisotopic (exact) mass is 267 g/mol. The second kappa shape index (κ2) is 6.73. The first-order valence-corrected chi connectivity index (χ1v) is 5.31. The number of hydrogen-bond donors (Lipinski definition) is 3. The highest BCUT2D eigenvalue weighted by Crippen LogP contribution is 1.96. The van der Waals surface area contributed by atoms with Crippen molar-refractivity contribution >= 4 is 5.91 Å². The molecule has 0 saturated carbocycles. The molecule has 1 aromatic heterocycles. The van der Waals surface area contributed by atoms with Crippen molar-refractivity contribution in [1.82, 2.24) is 20.8 Å². The van der Waals surface area contributed by atoms with Gasteiger partial charge in [-0.25, -0.2) is 5.43 Å². The fraction of sp³-hybridized carbons (Fsp3) is 0.182. The highest BCUT2D eigenvalue weighted by atomic mass is 35.5. The van der Waals surface area contributed by atoms with Gasteiger partial charge in [0.1, 0.15) is 6.54 Å². The number of benzene rings is 1. The van der Waals surface area contributed by atoms with Gasteiger partial charge in [0.15, 0.2) is 5.69 Å². The van der Waals surface area contributed by atoms with Crippen molar-refractivity contribution in [3.05, 3.63) is 47.3 Å². The van der Waals surface area contributed by atoms with Crippen LogP contribution in [0.5, 0.6) is 0 Å². The SMILES string of the molecule is Cc1n[nH]nc1C(=O)N[NH2+]Cc1ccccc1.[Cl-]. The van der Waals surface area contributed by atoms with Gasteiger partial charge in [0.2, 0.25) is 0 Å². The van der Waals surface area contributed by atoms with E-state index in [0.29, 0.717) is 17.9 Å². The van der Waals surface area contributed by atoms with Crippen LogP contribution in [0.4, 0.5) is 0 Å². The normalized spacial score (nSPS) is 9.61. The van der Waals surface area contributed by atoms with Gasteiger partial charge in [0, 0.05) is 5.56 Å². The third-order valence-corrected chi connectivity index (χ3v) is 2.35. The number of aromatic nitrogens is 3. The maximum atomic E-state index is 11.7. The maximum absolute atomic E-state index is 11.7. The molecule has 6 nitrogen and oxygen atoms in total. The second-order valence-corrected chi connectivity index (χ2v) is 3.62. The van der Waals surface area contributed by atoms with Gasteiger partial charge in [0.05, 0.1) is 5.69 Å². The minimum absolute atomic E-state index is 0. The van der Waals surface area contributed by atoms with Crippen molar-refractivity contribution in [3.63, 3.8) is 0 Å². The second-order valence-electron chi connectivity index (χ2n) is 3.62. The van der Waals surface area contributed by atoms with Gasteiger partial charge < -0.3 is 12.4 Å². The summed E-state index contributed by atoms with van der Waals surface area (Å²) in [6, 6.07) is 9.90. The first kappa shape index (κ1) is 14.1. The Kier molecular flexibility index (Phi) is 5.29. The van der Waals surface area contributed by atoms with Crippen LogP contribution in [-0.4, -0.2) is 21.3 Å². The highest BCUT2D eigenvalue weighted by Gasteiger charge is 2.13. The number of nitrogens with one attached hydrogen (secondary N) is 2. The molecule has 1 heterocycles. The predicted octanol–water partition coefficient (Wildman–Crippen LogP) is -3.47. The third kappa shape index (κ3) is 3.54. The summed E-state index contributed by atoms with van der Waals surface area (Å²) in [5, 5.41) is 9.98. The van der Waals surface area contributed by atoms with Crippen LogP contribution in [0, 0.1) is 6.92 Å². The number of amides is 1. The number of H-pyrrole nitrogens is 1. The van der Waals surface area contributed by atoms with Gasteiger partial charge in [-0.1, -0.05) is 30.3 Å². The van der Waals surface area contributed by atoms with Gasteiger partial charge in [-0.15, -0.1) is 0 Å². The number of nitrogens with zero attached hydrogens (tertiary/aromatic N) is 2. The van der Waals surface area contributed by atoms with Crippen molar-refractivity contribution in [2.45, 2.75) is 13.5 Å². The van der Waals surface area contributed by atoms with Gasteiger partial charge in [-0.3, -0.25) is 4.79 Å². The molecule has 0 radical (unpaired) electrons.